The quantitative estimate of drug-likeness (QED) is 0.270. The first kappa shape index (κ1) is 15.2. The minimum absolute atomic E-state index is 0.372. The molecule has 0 atom stereocenters. The van der Waals surface area contributed by atoms with Crippen molar-refractivity contribution >= 4 is 21.9 Å². The first-order chi connectivity index (χ1) is 8.21. The first-order valence-electron chi connectivity index (χ1n) is 3.91. The summed E-state index contributed by atoms with van der Waals surface area (Å²) in [6.07, 6.45) is 0.372. The van der Waals surface area contributed by atoms with Gasteiger partial charge in [0.25, 0.3) is 0 Å². The Morgan fingerprint density at radius 3 is 1.83 bits per heavy atom. The third-order valence-corrected chi connectivity index (χ3v) is 3.45. The molecule has 0 aliphatic rings. The van der Waals surface area contributed by atoms with Gasteiger partial charge < -0.3 is 5.26 Å². The van der Waals surface area contributed by atoms with Crippen LogP contribution in [0.4, 0.5) is 17.6 Å². The second-order valence-corrected chi connectivity index (χ2v) is 5.57. The molecule has 18 heavy (non-hydrogen) atoms. The SMILES string of the molecule is CS(=O)(=O)c1c(F)c(F)c(SOO[O-])c(F)c1F. The predicted octanol–water partition coefficient (Wildman–Crippen LogP) is 0.877. The van der Waals surface area contributed by atoms with Crippen molar-refractivity contribution in [3.8, 4) is 0 Å². The van der Waals surface area contributed by atoms with E-state index in [1.165, 1.54) is 0 Å². The number of sulfone groups is 1. The number of hydrogen-bond donors (Lipinski definition) is 0. The van der Waals surface area contributed by atoms with Crippen LogP contribution in [0.15, 0.2) is 9.79 Å². The van der Waals surface area contributed by atoms with Gasteiger partial charge in [0.2, 0.25) is 0 Å². The Hall–Kier alpha value is -0.880. The van der Waals surface area contributed by atoms with E-state index in [1.54, 1.807) is 0 Å². The van der Waals surface area contributed by atoms with Crippen LogP contribution in [-0.2, 0) is 19.2 Å². The molecule has 0 aliphatic carbocycles. The van der Waals surface area contributed by atoms with E-state index in [0.29, 0.717) is 6.26 Å². The molecule has 0 aromatic heterocycles. The van der Waals surface area contributed by atoms with Crippen LogP contribution >= 0.6 is 12.0 Å². The largest absolute Gasteiger partial charge is 0.691 e. The van der Waals surface area contributed by atoms with E-state index >= 15 is 0 Å². The third-order valence-electron chi connectivity index (χ3n) is 1.70. The van der Waals surface area contributed by atoms with Crippen LogP contribution < -0.4 is 5.26 Å². The van der Waals surface area contributed by atoms with Crippen molar-refractivity contribution in [1.82, 2.24) is 0 Å². The Morgan fingerprint density at radius 2 is 1.50 bits per heavy atom. The molecule has 0 bridgehead atoms. The van der Waals surface area contributed by atoms with Crippen LogP contribution in [0.2, 0.25) is 0 Å². The molecule has 0 unspecified atom stereocenters. The van der Waals surface area contributed by atoms with E-state index in [4.69, 9.17) is 0 Å². The normalized spacial score (nSPS) is 11.9. The topological polar surface area (TPSA) is 75.7 Å². The molecule has 0 saturated heterocycles. The number of halogens is 4. The van der Waals surface area contributed by atoms with E-state index in [9.17, 15) is 31.2 Å². The zero-order chi connectivity index (χ0) is 14.1. The average Bonchev–Trinajstić information content (AvgIpc) is 2.25. The van der Waals surface area contributed by atoms with Crippen molar-refractivity contribution in [3.05, 3.63) is 23.3 Å². The van der Waals surface area contributed by atoms with Gasteiger partial charge in [-0.3, -0.25) is 5.04 Å². The van der Waals surface area contributed by atoms with Gasteiger partial charge in [-0.2, -0.15) is 4.33 Å². The fourth-order valence-electron chi connectivity index (χ4n) is 1.04. The molecule has 0 saturated carbocycles. The lowest BCUT2D eigenvalue weighted by atomic mass is 10.3. The van der Waals surface area contributed by atoms with Crippen LogP contribution in [0, 0.1) is 23.3 Å². The Labute approximate surface area is 102 Å². The summed E-state index contributed by atoms with van der Waals surface area (Å²) < 4.78 is 78.5. The molecule has 0 aliphatic heterocycles. The van der Waals surface area contributed by atoms with Crippen molar-refractivity contribution in [1.29, 1.82) is 0 Å². The van der Waals surface area contributed by atoms with Crippen LogP contribution in [0.5, 0.6) is 0 Å². The zero-order valence-corrected chi connectivity index (χ0v) is 10.0. The zero-order valence-electron chi connectivity index (χ0n) is 8.37. The second-order valence-electron chi connectivity index (χ2n) is 2.91. The number of hydrogen-bond acceptors (Lipinski definition) is 6. The Kier molecular flexibility index (Phi) is 4.55. The highest BCUT2D eigenvalue weighted by Gasteiger charge is 2.31. The number of rotatable bonds is 4. The van der Waals surface area contributed by atoms with E-state index in [0.717, 1.165) is 0 Å². The molecule has 0 N–H and O–H groups in total. The molecule has 0 radical (unpaired) electrons. The third kappa shape index (κ3) is 2.75. The molecule has 0 amide bonds. The summed E-state index contributed by atoms with van der Waals surface area (Å²) in [5.74, 6) is -8.27. The monoisotopic (exact) mass is 307 g/mol. The van der Waals surface area contributed by atoms with Crippen molar-refractivity contribution in [3.63, 3.8) is 0 Å². The lowest BCUT2D eigenvalue weighted by Crippen LogP contribution is -2.11. The highest BCUT2D eigenvalue weighted by Crippen LogP contribution is 2.33. The van der Waals surface area contributed by atoms with E-state index in [2.05, 4.69) is 9.37 Å². The minimum atomic E-state index is -4.52. The molecule has 1 aromatic rings. The van der Waals surface area contributed by atoms with Gasteiger partial charge in [-0.05, 0) is 0 Å². The van der Waals surface area contributed by atoms with Gasteiger partial charge in [0.1, 0.15) is 9.79 Å². The molecule has 102 valence electrons. The molecule has 0 heterocycles. The fraction of sp³-hybridized carbons (Fsp3) is 0.143. The van der Waals surface area contributed by atoms with Gasteiger partial charge in [0.05, 0.1) is 12.0 Å². The molecular weight excluding hydrogens is 304 g/mol. The van der Waals surface area contributed by atoms with E-state index < -0.39 is 54.9 Å². The van der Waals surface area contributed by atoms with Crippen LogP contribution in [-0.4, -0.2) is 14.7 Å². The molecular formula is C7H3F4O5S2-. The molecule has 11 heteroatoms. The smallest absolute Gasteiger partial charge is 0.181 e. The predicted molar refractivity (Wildman–Crippen MR) is 47.4 cm³/mol. The standard InChI is InChI=1S/C7H4F4O5S2/c1-18(13,14)7-4(10)2(8)6(17-16-15-12)3(9)5(7)11/h12H,1H3/p-1. The lowest BCUT2D eigenvalue weighted by Gasteiger charge is -2.10. The van der Waals surface area contributed by atoms with Crippen LogP contribution in [0.1, 0.15) is 0 Å². The average molecular weight is 307 g/mol. The summed E-state index contributed by atoms with van der Waals surface area (Å²) in [4.78, 5) is -3.13. The lowest BCUT2D eigenvalue weighted by molar-refractivity contribution is -0.777. The van der Waals surface area contributed by atoms with Crippen molar-refractivity contribution in [2.75, 3.05) is 6.26 Å². The highest BCUT2D eigenvalue weighted by atomic mass is 32.2. The van der Waals surface area contributed by atoms with Crippen LogP contribution in [0.3, 0.4) is 0 Å². The Bertz CT molecular complexity index is 545. The summed E-state index contributed by atoms with van der Waals surface area (Å²) in [5.41, 5.74) is 0. The second kappa shape index (κ2) is 5.40. The van der Waals surface area contributed by atoms with Crippen molar-refractivity contribution in [2.45, 2.75) is 9.79 Å². The van der Waals surface area contributed by atoms with Crippen molar-refractivity contribution < 1.29 is 40.6 Å². The van der Waals surface area contributed by atoms with E-state index in [-0.39, 0.29) is 0 Å². The fourth-order valence-corrected chi connectivity index (χ4v) is 2.29. The summed E-state index contributed by atoms with van der Waals surface area (Å²) in [6.45, 7) is 0. The summed E-state index contributed by atoms with van der Waals surface area (Å²) >= 11 is -0.438. The minimum Gasteiger partial charge on any atom is -0.691 e. The number of benzene rings is 1. The maximum absolute atomic E-state index is 13.3. The van der Waals surface area contributed by atoms with E-state index in [1.807, 2.05) is 0 Å². The molecule has 1 aromatic carbocycles. The van der Waals surface area contributed by atoms with Crippen molar-refractivity contribution in [2.24, 2.45) is 0 Å². The molecule has 0 fully saturated rings. The maximum Gasteiger partial charge on any atom is 0.181 e. The molecule has 1 rings (SSSR count). The van der Waals surface area contributed by atoms with Gasteiger partial charge in [0.15, 0.2) is 33.1 Å². The Morgan fingerprint density at radius 1 is 1.06 bits per heavy atom. The summed E-state index contributed by atoms with van der Waals surface area (Å²) in [5, 5.41) is 12.2. The van der Waals surface area contributed by atoms with Gasteiger partial charge in [-0.25, -0.2) is 26.0 Å². The first-order valence-corrected chi connectivity index (χ1v) is 6.54. The highest BCUT2D eigenvalue weighted by molar-refractivity contribution is 7.94. The van der Waals surface area contributed by atoms with Gasteiger partial charge in [0, 0.05) is 6.26 Å². The van der Waals surface area contributed by atoms with Crippen LogP contribution in [0.25, 0.3) is 0 Å². The maximum atomic E-state index is 13.3. The molecule has 5 nitrogen and oxygen atoms in total. The Balaban J connectivity index is 3.56. The molecule has 0 spiro atoms. The van der Waals surface area contributed by atoms with Gasteiger partial charge in [-0.15, -0.1) is 0 Å². The van der Waals surface area contributed by atoms with Gasteiger partial charge in [-0.1, -0.05) is 0 Å². The van der Waals surface area contributed by atoms with Gasteiger partial charge >= 0.3 is 0 Å². The summed E-state index contributed by atoms with van der Waals surface area (Å²) in [7, 11) is -4.52. The summed E-state index contributed by atoms with van der Waals surface area (Å²) in [6, 6.07) is 0.